The van der Waals surface area contributed by atoms with Crippen LogP contribution < -0.4 is 11.1 Å². The van der Waals surface area contributed by atoms with Crippen molar-refractivity contribution < 1.29 is 9.53 Å². The summed E-state index contributed by atoms with van der Waals surface area (Å²) in [6.45, 7) is 5.54. The van der Waals surface area contributed by atoms with Gasteiger partial charge in [-0.3, -0.25) is 4.79 Å². The first-order valence-corrected chi connectivity index (χ1v) is 7.33. The largest absolute Gasteiger partial charge is 0.381 e. The topological polar surface area (TPSA) is 64.3 Å². The van der Waals surface area contributed by atoms with Gasteiger partial charge in [-0.25, -0.2) is 0 Å². The lowest BCUT2D eigenvalue weighted by atomic mass is 10.1. The van der Waals surface area contributed by atoms with Gasteiger partial charge in [-0.1, -0.05) is 30.9 Å². The second-order valence-electron chi connectivity index (χ2n) is 4.78. The smallest absolute Gasteiger partial charge is 0.222 e. The summed E-state index contributed by atoms with van der Waals surface area (Å²) in [6.07, 6.45) is 1.36. The fourth-order valence-corrected chi connectivity index (χ4v) is 1.82. The molecule has 4 nitrogen and oxygen atoms in total. The summed E-state index contributed by atoms with van der Waals surface area (Å²) in [6, 6.07) is 7.79. The van der Waals surface area contributed by atoms with Gasteiger partial charge >= 0.3 is 0 Å². The fourth-order valence-electron chi connectivity index (χ4n) is 1.82. The third-order valence-electron chi connectivity index (χ3n) is 2.94. The molecular weight excluding hydrogens is 264 g/mol. The molecule has 0 radical (unpaired) electrons. The summed E-state index contributed by atoms with van der Waals surface area (Å²) in [5.41, 5.74) is 7.32. The highest BCUT2D eigenvalue weighted by atomic mass is 16.5. The predicted octanol–water partition coefficient (Wildman–Crippen LogP) is 1.99. The Morgan fingerprint density at radius 2 is 2.05 bits per heavy atom. The van der Waals surface area contributed by atoms with Crippen LogP contribution in [0.4, 0.5) is 0 Å². The maximum absolute atomic E-state index is 11.8. The van der Waals surface area contributed by atoms with E-state index in [2.05, 4.69) is 17.2 Å². The van der Waals surface area contributed by atoms with E-state index in [1.54, 1.807) is 0 Å². The van der Waals surface area contributed by atoms with Gasteiger partial charge in [0.1, 0.15) is 0 Å². The van der Waals surface area contributed by atoms with Gasteiger partial charge in [-0.05, 0) is 31.0 Å². The van der Waals surface area contributed by atoms with Gasteiger partial charge in [-0.2, -0.15) is 0 Å². The van der Waals surface area contributed by atoms with Gasteiger partial charge < -0.3 is 15.8 Å². The molecule has 1 atom stereocenters. The van der Waals surface area contributed by atoms with Crippen LogP contribution in [0.15, 0.2) is 24.3 Å². The summed E-state index contributed by atoms with van der Waals surface area (Å²) < 4.78 is 5.31. The molecule has 114 valence electrons. The standard InChI is InChI=1S/C17H24N2O2/c1-3-12-21-13-10-17(20)19-14(2)16-8-6-15(7-9-16)5-4-11-18/h6-9,14H,3,10-13,18H2,1-2H3,(H,19,20). The van der Waals surface area contributed by atoms with Crippen LogP contribution in [-0.4, -0.2) is 25.7 Å². The number of ether oxygens (including phenoxy) is 1. The Kier molecular flexibility index (Phi) is 8.18. The van der Waals surface area contributed by atoms with E-state index in [9.17, 15) is 4.79 Å². The quantitative estimate of drug-likeness (QED) is 0.596. The minimum Gasteiger partial charge on any atom is -0.381 e. The van der Waals surface area contributed by atoms with Gasteiger partial charge in [0, 0.05) is 18.6 Å². The lowest BCUT2D eigenvalue weighted by Crippen LogP contribution is -2.27. The summed E-state index contributed by atoms with van der Waals surface area (Å²) in [5, 5.41) is 2.96. The summed E-state index contributed by atoms with van der Waals surface area (Å²) >= 11 is 0. The van der Waals surface area contributed by atoms with Crippen molar-refractivity contribution in [1.29, 1.82) is 0 Å². The van der Waals surface area contributed by atoms with E-state index < -0.39 is 0 Å². The Balaban J connectivity index is 2.44. The van der Waals surface area contributed by atoms with Crippen LogP contribution in [0.25, 0.3) is 0 Å². The molecule has 1 aromatic carbocycles. The number of hydrogen-bond donors (Lipinski definition) is 2. The Labute approximate surface area is 127 Å². The monoisotopic (exact) mass is 288 g/mol. The second kappa shape index (κ2) is 9.98. The number of rotatable bonds is 7. The first-order valence-electron chi connectivity index (χ1n) is 7.33. The van der Waals surface area contributed by atoms with Crippen molar-refractivity contribution in [1.82, 2.24) is 5.32 Å². The Hall–Kier alpha value is -1.83. The van der Waals surface area contributed by atoms with Crippen LogP contribution in [0, 0.1) is 11.8 Å². The molecule has 0 aliphatic rings. The fraction of sp³-hybridized carbons (Fsp3) is 0.471. The molecule has 3 N–H and O–H groups in total. The molecule has 0 saturated heterocycles. The number of amides is 1. The highest BCUT2D eigenvalue weighted by molar-refractivity contribution is 5.76. The molecule has 0 aliphatic carbocycles. The normalized spacial score (nSPS) is 11.4. The van der Waals surface area contributed by atoms with E-state index in [1.807, 2.05) is 38.1 Å². The number of carbonyl (C=O) groups excluding carboxylic acids is 1. The highest BCUT2D eigenvalue weighted by Crippen LogP contribution is 2.13. The molecular formula is C17H24N2O2. The highest BCUT2D eigenvalue weighted by Gasteiger charge is 2.09. The van der Waals surface area contributed by atoms with Crippen molar-refractivity contribution in [2.24, 2.45) is 5.73 Å². The zero-order valence-electron chi connectivity index (χ0n) is 12.8. The van der Waals surface area contributed by atoms with Crippen molar-refractivity contribution in [3.8, 4) is 11.8 Å². The zero-order chi connectivity index (χ0) is 15.5. The van der Waals surface area contributed by atoms with Gasteiger partial charge in [0.2, 0.25) is 5.91 Å². The van der Waals surface area contributed by atoms with Gasteiger partial charge in [-0.15, -0.1) is 0 Å². The van der Waals surface area contributed by atoms with E-state index in [1.165, 1.54) is 0 Å². The van der Waals surface area contributed by atoms with Crippen LogP contribution in [0.1, 0.15) is 43.9 Å². The van der Waals surface area contributed by atoms with Crippen molar-refractivity contribution in [3.05, 3.63) is 35.4 Å². The average molecular weight is 288 g/mol. The summed E-state index contributed by atoms with van der Waals surface area (Å²) in [7, 11) is 0. The molecule has 0 saturated carbocycles. The Bertz CT molecular complexity index is 486. The number of nitrogens with two attached hydrogens (primary N) is 1. The average Bonchev–Trinajstić information content (AvgIpc) is 2.50. The van der Waals surface area contributed by atoms with E-state index in [-0.39, 0.29) is 11.9 Å². The molecule has 1 rings (SSSR count). The van der Waals surface area contributed by atoms with E-state index in [0.717, 1.165) is 17.5 Å². The maximum atomic E-state index is 11.8. The van der Waals surface area contributed by atoms with Gasteiger partial charge in [0.05, 0.1) is 19.2 Å². The minimum absolute atomic E-state index is 0.00519. The third-order valence-corrected chi connectivity index (χ3v) is 2.94. The molecule has 1 unspecified atom stereocenters. The van der Waals surface area contributed by atoms with Crippen molar-refractivity contribution in [3.63, 3.8) is 0 Å². The molecule has 0 bridgehead atoms. The molecule has 1 amide bonds. The molecule has 0 spiro atoms. The predicted molar refractivity (Wildman–Crippen MR) is 84.7 cm³/mol. The van der Waals surface area contributed by atoms with Crippen LogP contribution in [0.3, 0.4) is 0 Å². The second-order valence-corrected chi connectivity index (χ2v) is 4.78. The number of nitrogens with one attached hydrogen (secondary N) is 1. The SMILES string of the molecule is CCCOCCC(=O)NC(C)c1ccc(C#CCN)cc1. The zero-order valence-corrected chi connectivity index (χ0v) is 12.8. The Morgan fingerprint density at radius 3 is 2.67 bits per heavy atom. The maximum Gasteiger partial charge on any atom is 0.222 e. The van der Waals surface area contributed by atoms with Crippen LogP contribution in [-0.2, 0) is 9.53 Å². The molecule has 0 aliphatic heterocycles. The van der Waals surface area contributed by atoms with Crippen molar-refractivity contribution in [2.45, 2.75) is 32.7 Å². The molecule has 0 heterocycles. The summed E-state index contributed by atoms with van der Waals surface area (Å²) in [4.78, 5) is 11.8. The van der Waals surface area contributed by atoms with Gasteiger partial charge in [0.15, 0.2) is 0 Å². The summed E-state index contributed by atoms with van der Waals surface area (Å²) in [5.74, 6) is 5.79. The first kappa shape index (κ1) is 17.2. The number of hydrogen-bond acceptors (Lipinski definition) is 3. The minimum atomic E-state index is -0.0276. The van der Waals surface area contributed by atoms with Crippen LogP contribution in [0.2, 0.25) is 0 Å². The van der Waals surface area contributed by atoms with Crippen molar-refractivity contribution >= 4 is 5.91 Å². The number of carbonyl (C=O) groups is 1. The van der Waals surface area contributed by atoms with Crippen LogP contribution >= 0.6 is 0 Å². The van der Waals surface area contributed by atoms with E-state index >= 15 is 0 Å². The molecule has 1 aromatic rings. The molecule has 4 heteroatoms. The molecule has 21 heavy (non-hydrogen) atoms. The number of benzene rings is 1. The van der Waals surface area contributed by atoms with Crippen LogP contribution in [0.5, 0.6) is 0 Å². The first-order chi connectivity index (χ1) is 10.2. The van der Waals surface area contributed by atoms with E-state index in [0.29, 0.717) is 26.2 Å². The lowest BCUT2D eigenvalue weighted by molar-refractivity contribution is -0.122. The van der Waals surface area contributed by atoms with Gasteiger partial charge in [0.25, 0.3) is 0 Å². The lowest BCUT2D eigenvalue weighted by Gasteiger charge is -2.14. The van der Waals surface area contributed by atoms with E-state index in [4.69, 9.17) is 10.5 Å². The Morgan fingerprint density at radius 1 is 1.33 bits per heavy atom. The molecule has 0 aromatic heterocycles. The van der Waals surface area contributed by atoms with Crippen molar-refractivity contribution in [2.75, 3.05) is 19.8 Å². The third kappa shape index (κ3) is 6.94. The molecule has 0 fully saturated rings.